The standard InChI is InChI=1S/C14H17BrN2O3/c1-3-20-16-14(19)10-7-13(18)17(8-10)11-4-5-12(15)9(2)6-11/h4-6,10H,3,7-8H2,1-2H3,(H,16,19)/t10-/m0/s1. The Morgan fingerprint density at radius 1 is 1.55 bits per heavy atom. The van der Waals surface area contributed by atoms with Gasteiger partial charge in [0.1, 0.15) is 0 Å². The second kappa shape index (κ2) is 6.37. The van der Waals surface area contributed by atoms with E-state index in [1.807, 2.05) is 25.1 Å². The molecule has 0 spiro atoms. The first-order chi connectivity index (χ1) is 9.52. The first-order valence-corrected chi connectivity index (χ1v) is 7.30. The fourth-order valence-electron chi connectivity index (χ4n) is 2.16. The maximum absolute atomic E-state index is 12.1. The van der Waals surface area contributed by atoms with Gasteiger partial charge in [0.05, 0.1) is 12.5 Å². The third-order valence-electron chi connectivity index (χ3n) is 3.27. The molecule has 0 radical (unpaired) electrons. The van der Waals surface area contributed by atoms with Gasteiger partial charge in [-0.05, 0) is 37.6 Å². The van der Waals surface area contributed by atoms with E-state index in [-0.39, 0.29) is 24.2 Å². The lowest BCUT2D eigenvalue weighted by atomic mass is 10.1. The molecule has 0 aliphatic carbocycles. The third kappa shape index (κ3) is 3.19. The predicted molar refractivity (Wildman–Crippen MR) is 79.1 cm³/mol. The van der Waals surface area contributed by atoms with Crippen LogP contribution in [0.15, 0.2) is 22.7 Å². The number of amides is 2. The Morgan fingerprint density at radius 3 is 2.95 bits per heavy atom. The minimum Gasteiger partial charge on any atom is -0.312 e. The summed E-state index contributed by atoms with van der Waals surface area (Å²) in [7, 11) is 0. The Bertz CT molecular complexity index is 533. The molecule has 5 nitrogen and oxygen atoms in total. The van der Waals surface area contributed by atoms with Gasteiger partial charge >= 0.3 is 0 Å². The molecular formula is C14H17BrN2O3. The predicted octanol–water partition coefficient (Wildman–Crippen LogP) is 2.18. The van der Waals surface area contributed by atoms with Crippen LogP contribution in [0, 0.1) is 12.8 Å². The topological polar surface area (TPSA) is 58.6 Å². The van der Waals surface area contributed by atoms with E-state index in [9.17, 15) is 9.59 Å². The number of carbonyl (C=O) groups is 2. The molecule has 0 saturated carbocycles. The van der Waals surface area contributed by atoms with Crippen LogP contribution in [0.4, 0.5) is 5.69 Å². The van der Waals surface area contributed by atoms with Crippen molar-refractivity contribution in [3.05, 3.63) is 28.2 Å². The summed E-state index contributed by atoms with van der Waals surface area (Å²) in [6.07, 6.45) is 0.216. The number of benzene rings is 1. The Hall–Kier alpha value is -1.40. The first-order valence-electron chi connectivity index (χ1n) is 6.51. The van der Waals surface area contributed by atoms with Crippen LogP contribution in [0.25, 0.3) is 0 Å². The number of anilines is 1. The average molecular weight is 341 g/mol. The van der Waals surface area contributed by atoms with Gasteiger partial charge in [0.25, 0.3) is 0 Å². The molecule has 108 valence electrons. The number of nitrogens with zero attached hydrogens (tertiary/aromatic N) is 1. The normalized spacial score (nSPS) is 18.4. The summed E-state index contributed by atoms with van der Waals surface area (Å²) in [5, 5.41) is 0. The van der Waals surface area contributed by atoms with Crippen LogP contribution >= 0.6 is 15.9 Å². The molecule has 1 saturated heterocycles. The molecule has 1 aromatic carbocycles. The zero-order chi connectivity index (χ0) is 14.7. The molecule has 1 aliphatic rings. The molecule has 1 heterocycles. The summed E-state index contributed by atoms with van der Waals surface area (Å²) in [6, 6.07) is 5.72. The summed E-state index contributed by atoms with van der Waals surface area (Å²) in [5.74, 6) is -0.641. The lowest BCUT2D eigenvalue weighted by molar-refractivity contribution is -0.137. The average Bonchev–Trinajstić information content (AvgIpc) is 2.81. The van der Waals surface area contributed by atoms with E-state index in [0.29, 0.717) is 13.2 Å². The molecule has 0 aromatic heterocycles. The zero-order valence-corrected chi connectivity index (χ0v) is 13.1. The van der Waals surface area contributed by atoms with Crippen molar-refractivity contribution in [2.45, 2.75) is 20.3 Å². The van der Waals surface area contributed by atoms with Crippen LogP contribution in [-0.2, 0) is 14.4 Å². The van der Waals surface area contributed by atoms with Crippen LogP contribution in [0.2, 0.25) is 0 Å². The molecule has 2 rings (SSSR count). The second-order valence-electron chi connectivity index (χ2n) is 4.74. The van der Waals surface area contributed by atoms with Gasteiger partial charge in [0.15, 0.2) is 0 Å². The van der Waals surface area contributed by atoms with Gasteiger partial charge in [-0.2, -0.15) is 0 Å². The third-order valence-corrected chi connectivity index (χ3v) is 4.16. The van der Waals surface area contributed by atoms with E-state index < -0.39 is 0 Å². The number of halogens is 1. The van der Waals surface area contributed by atoms with Gasteiger partial charge in [-0.15, -0.1) is 0 Å². The molecule has 6 heteroatoms. The van der Waals surface area contributed by atoms with Crippen molar-refractivity contribution in [3.63, 3.8) is 0 Å². The van der Waals surface area contributed by atoms with Crippen molar-refractivity contribution < 1.29 is 14.4 Å². The highest BCUT2D eigenvalue weighted by Crippen LogP contribution is 2.28. The molecule has 1 aromatic rings. The highest BCUT2D eigenvalue weighted by molar-refractivity contribution is 9.10. The number of nitrogens with one attached hydrogen (secondary N) is 1. The van der Waals surface area contributed by atoms with Crippen molar-refractivity contribution in [2.24, 2.45) is 5.92 Å². The SMILES string of the molecule is CCONC(=O)[C@H]1CC(=O)N(c2ccc(Br)c(C)c2)C1. The van der Waals surface area contributed by atoms with Crippen molar-refractivity contribution in [1.29, 1.82) is 0 Å². The van der Waals surface area contributed by atoms with Crippen LogP contribution in [0.1, 0.15) is 18.9 Å². The number of hydrogen-bond donors (Lipinski definition) is 1. The van der Waals surface area contributed by atoms with Crippen LogP contribution in [0.5, 0.6) is 0 Å². The highest BCUT2D eigenvalue weighted by atomic mass is 79.9. The molecule has 0 unspecified atom stereocenters. The Labute approximate surface area is 126 Å². The number of rotatable bonds is 4. The van der Waals surface area contributed by atoms with Gasteiger partial charge < -0.3 is 4.90 Å². The Kier molecular flexibility index (Phi) is 4.77. The molecule has 1 fully saturated rings. The largest absolute Gasteiger partial charge is 0.312 e. The summed E-state index contributed by atoms with van der Waals surface area (Å²) >= 11 is 3.43. The smallest absolute Gasteiger partial charge is 0.248 e. The van der Waals surface area contributed by atoms with Crippen LogP contribution in [0.3, 0.4) is 0 Å². The van der Waals surface area contributed by atoms with E-state index in [1.54, 1.807) is 11.8 Å². The van der Waals surface area contributed by atoms with Gasteiger partial charge in [0.2, 0.25) is 11.8 Å². The molecule has 1 N–H and O–H groups in total. The summed E-state index contributed by atoms with van der Waals surface area (Å²) in [4.78, 5) is 30.4. The minimum atomic E-state index is -0.363. The van der Waals surface area contributed by atoms with Crippen LogP contribution < -0.4 is 10.4 Å². The lowest BCUT2D eigenvalue weighted by Gasteiger charge is -2.17. The molecule has 2 amide bonds. The minimum absolute atomic E-state index is 0.0385. The zero-order valence-electron chi connectivity index (χ0n) is 11.5. The maximum Gasteiger partial charge on any atom is 0.248 e. The van der Waals surface area contributed by atoms with Crippen molar-refractivity contribution in [2.75, 3.05) is 18.1 Å². The van der Waals surface area contributed by atoms with Crippen LogP contribution in [-0.4, -0.2) is 25.0 Å². The number of hydrogen-bond acceptors (Lipinski definition) is 3. The first kappa shape index (κ1) is 15.0. The van der Waals surface area contributed by atoms with Crippen molar-refractivity contribution in [1.82, 2.24) is 5.48 Å². The molecule has 20 heavy (non-hydrogen) atoms. The summed E-state index contributed by atoms with van der Waals surface area (Å²) in [6.45, 7) is 4.55. The van der Waals surface area contributed by atoms with E-state index in [2.05, 4.69) is 21.4 Å². The fourth-order valence-corrected chi connectivity index (χ4v) is 2.40. The molecule has 1 atom stereocenters. The second-order valence-corrected chi connectivity index (χ2v) is 5.59. The van der Waals surface area contributed by atoms with Gasteiger partial charge in [-0.1, -0.05) is 15.9 Å². The summed E-state index contributed by atoms with van der Waals surface area (Å²) < 4.78 is 0.999. The molecule has 0 bridgehead atoms. The van der Waals surface area contributed by atoms with Gasteiger partial charge in [-0.25, -0.2) is 5.48 Å². The number of aryl methyl sites for hydroxylation is 1. The molecule has 1 aliphatic heterocycles. The number of carbonyl (C=O) groups excluding carboxylic acids is 2. The number of hydroxylamine groups is 1. The van der Waals surface area contributed by atoms with E-state index in [0.717, 1.165) is 15.7 Å². The quantitative estimate of drug-likeness (QED) is 0.854. The monoisotopic (exact) mass is 340 g/mol. The lowest BCUT2D eigenvalue weighted by Crippen LogP contribution is -2.33. The summed E-state index contributed by atoms with van der Waals surface area (Å²) in [5.41, 5.74) is 4.24. The highest BCUT2D eigenvalue weighted by Gasteiger charge is 2.35. The maximum atomic E-state index is 12.1. The van der Waals surface area contributed by atoms with Crippen molar-refractivity contribution >= 4 is 33.4 Å². The van der Waals surface area contributed by atoms with E-state index in [1.165, 1.54) is 0 Å². The van der Waals surface area contributed by atoms with Crippen molar-refractivity contribution in [3.8, 4) is 0 Å². The van der Waals surface area contributed by atoms with Gasteiger partial charge in [0, 0.05) is 23.1 Å². The van der Waals surface area contributed by atoms with E-state index in [4.69, 9.17) is 4.84 Å². The molecular weight excluding hydrogens is 324 g/mol. The fraction of sp³-hybridized carbons (Fsp3) is 0.429. The van der Waals surface area contributed by atoms with E-state index >= 15 is 0 Å². The Balaban J connectivity index is 2.09. The van der Waals surface area contributed by atoms with Gasteiger partial charge in [-0.3, -0.25) is 14.4 Å². The Morgan fingerprint density at radius 2 is 2.30 bits per heavy atom.